The molecule has 1 aliphatic heterocycles. The largest absolute Gasteiger partial charge is 0.393 e. The second-order valence-corrected chi connectivity index (χ2v) is 7.34. The molecule has 1 N–H and O–H groups in total. The lowest BCUT2D eigenvalue weighted by molar-refractivity contribution is 0.179. The van der Waals surface area contributed by atoms with Crippen LogP contribution in [-0.2, 0) is 10.8 Å². The standard InChI is InChI=1S/C9H18O2S2/c1-3-12-9(7-8(2)10)5-4-6-13(9)11/h8,10H,3-7H2,1-2H3/t8-,9-,13-/m1/s1. The van der Waals surface area contributed by atoms with Gasteiger partial charge in [0.2, 0.25) is 0 Å². The minimum atomic E-state index is -0.737. The van der Waals surface area contributed by atoms with Crippen LogP contribution < -0.4 is 0 Å². The molecule has 0 aromatic carbocycles. The number of thioether (sulfide) groups is 1. The Kier molecular flexibility index (Phi) is 4.26. The Morgan fingerprint density at radius 2 is 2.38 bits per heavy atom. The molecule has 0 radical (unpaired) electrons. The summed E-state index contributed by atoms with van der Waals surface area (Å²) in [5.41, 5.74) is 0. The van der Waals surface area contributed by atoms with Crippen LogP contribution in [0.4, 0.5) is 0 Å². The molecule has 1 rings (SSSR count). The van der Waals surface area contributed by atoms with Crippen molar-refractivity contribution < 1.29 is 9.32 Å². The lowest BCUT2D eigenvalue weighted by atomic mass is 10.1. The van der Waals surface area contributed by atoms with E-state index in [2.05, 4.69) is 6.92 Å². The Balaban J connectivity index is 2.68. The van der Waals surface area contributed by atoms with Crippen molar-refractivity contribution in [3.8, 4) is 0 Å². The highest BCUT2D eigenvalue weighted by atomic mass is 32.2. The van der Waals surface area contributed by atoms with Crippen LogP contribution in [0.25, 0.3) is 0 Å². The second kappa shape index (κ2) is 4.80. The highest BCUT2D eigenvalue weighted by Gasteiger charge is 2.41. The molecule has 1 saturated heterocycles. The van der Waals surface area contributed by atoms with Gasteiger partial charge in [-0.2, -0.15) is 0 Å². The quantitative estimate of drug-likeness (QED) is 0.787. The molecule has 0 aromatic heterocycles. The fourth-order valence-electron chi connectivity index (χ4n) is 1.88. The summed E-state index contributed by atoms with van der Waals surface area (Å²) >= 11 is 1.76. The minimum absolute atomic E-state index is 0.136. The van der Waals surface area contributed by atoms with E-state index in [0.29, 0.717) is 6.42 Å². The molecule has 1 heterocycles. The normalized spacial score (nSPS) is 36.4. The van der Waals surface area contributed by atoms with Crippen LogP contribution in [-0.4, -0.2) is 31.0 Å². The number of hydrogen-bond acceptors (Lipinski definition) is 3. The van der Waals surface area contributed by atoms with Gasteiger partial charge in [0.25, 0.3) is 0 Å². The van der Waals surface area contributed by atoms with E-state index in [1.165, 1.54) is 0 Å². The van der Waals surface area contributed by atoms with Crippen molar-refractivity contribution in [1.29, 1.82) is 0 Å². The Morgan fingerprint density at radius 3 is 2.77 bits per heavy atom. The molecular weight excluding hydrogens is 204 g/mol. The zero-order chi connectivity index (χ0) is 9.90. The molecule has 13 heavy (non-hydrogen) atoms. The fraction of sp³-hybridized carbons (Fsp3) is 1.00. The number of rotatable bonds is 4. The monoisotopic (exact) mass is 222 g/mol. The molecule has 1 fully saturated rings. The van der Waals surface area contributed by atoms with Crippen molar-refractivity contribution in [2.75, 3.05) is 11.5 Å². The first-order valence-corrected chi connectivity index (χ1v) is 7.11. The molecule has 78 valence electrons. The molecule has 0 bridgehead atoms. The third kappa shape index (κ3) is 2.70. The SMILES string of the molecule is CCS[C@]1(C[C@@H](C)O)CCC[S@]1=O. The lowest BCUT2D eigenvalue weighted by Gasteiger charge is -2.27. The average molecular weight is 222 g/mol. The fourth-order valence-corrected chi connectivity index (χ4v) is 5.76. The summed E-state index contributed by atoms with van der Waals surface area (Å²) in [6.45, 7) is 3.87. The first-order valence-electron chi connectivity index (χ1n) is 4.81. The highest BCUT2D eigenvalue weighted by molar-refractivity contribution is 8.12. The van der Waals surface area contributed by atoms with E-state index in [-0.39, 0.29) is 10.2 Å². The highest BCUT2D eigenvalue weighted by Crippen LogP contribution is 2.42. The molecule has 2 nitrogen and oxygen atoms in total. The first kappa shape index (κ1) is 11.5. The van der Waals surface area contributed by atoms with Gasteiger partial charge in [-0.25, -0.2) is 0 Å². The predicted octanol–water partition coefficient (Wildman–Crippen LogP) is 1.75. The maximum Gasteiger partial charge on any atom is 0.0933 e. The van der Waals surface area contributed by atoms with Gasteiger partial charge in [-0.1, -0.05) is 6.92 Å². The topological polar surface area (TPSA) is 37.3 Å². The Labute approximate surface area is 86.9 Å². The van der Waals surface area contributed by atoms with Gasteiger partial charge in [-0.3, -0.25) is 4.21 Å². The average Bonchev–Trinajstić information content (AvgIpc) is 2.32. The second-order valence-electron chi connectivity index (χ2n) is 3.55. The molecule has 0 aliphatic carbocycles. The summed E-state index contributed by atoms with van der Waals surface area (Å²) in [5, 5.41) is 9.37. The van der Waals surface area contributed by atoms with E-state index in [1.54, 1.807) is 18.7 Å². The number of aliphatic hydroxyl groups excluding tert-OH is 1. The van der Waals surface area contributed by atoms with Gasteiger partial charge in [0, 0.05) is 16.6 Å². The van der Waals surface area contributed by atoms with Crippen molar-refractivity contribution in [3.63, 3.8) is 0 Å². The van der Waals surface area contributed by atoms with Gasteiger partial charge in [0.05, 0.1) is 10.2 Å². The van der Waals surface area contributed by atoms with Gasteiger partial charge in [-0.15, -0.1) is 11.8 Å². The van der Waals surface area contributed by atoms with Gasteiger partial charge < -0.3 is 5.11 Å². The molecule has 0 unspecified atom stereocenters. The van der Waals surface area contributed by atoms with Gasteiger partial charge >= 0.3 is 0 Å². The van der Waals surface area contributed by atoms with Crippen LogP contribution in [0, 0.1) is 0 Å². The molecule has 4 heteroatoms. The predicted molar refractivity (Wildman–Crippen MR) is 59.4 cm³/mol. The van der Waals surface area contributed by atoms with Gasteiger partial charge in [0.1, 0.15) is 0 Å². The zero-order valence-electron chi connectivity index (χ0n) is 8.28. The minimum Gasteiger partial charge on any atom is -0.393 e. The van der Waals surface area contributed by atoms with E-state index < -0.39 is 10.8 Å². The smallest absolute Gasteiger partial charge is 0.0933 e. The van der Waals surface area contributed by atoms with Gasteiger partial charge in [0.15, 0.2) is 0 Å². The Morgan fingerprint density at radius 1 is 1.69 bits per heavy atom. The van der Waals surface area contributed by atoms with Crippen LogP contribution in [0.15, 0.2) is 0 Å². The summed E-state index contributed by atoms with van der Waals surface area (Å²) in [6, 6.07) is 0. The molecular formula is C9H18O2S2. The molecule has 0 saturated carbocycles. The van der Waals surface area contributed by atoms with E-state index in [1.807, 2.05) is 0 Å². The van der Waals surface area contributed by atoms with Crippen LogP contribution in [0.1, 0.15) is 33.1 Å². The van der Waals surface area contributed by atoms with Crippen LogP contribution in [0.2, 0.25) is 0 Å². The summed E-state index contributed by atoms with van der Waals surface area (Å²) in [5.74, 6) is 1.80. The summed E-state index contributed by atoms with van der Waals surface area (Å²) < 4.78 is 11.7. The summed E-state index contributed by atoms with van der Waals surface area (Å²) in [7, 11) is -0.737. The van der Waals surface area contributed by atoms with E-state index >= 15 is 0 Å². The maximum absolute atomic E-state index is 11.8. The Bertz CT molecular complexity index is 194. The third-order valence-electron chi connectivity index (χ3n) is 2.32. The van der Waals surface area contributed by atoms with E-state index in [0.717, 1.165) is 24.3 Å². The van der Waals surface area contributed by atoms with E-state index in [9.17, 15) is 9.32 Å². The van der Waals surface area contributed by atoms with Crippen molar-refractivity contribution >= 4 is 22.6 Å². The third-order valence-corrected chi connectivity index (χ3v) is 6.27. The van der Waals surface area contributed by atoms with Gasteiger partial charge in [-0.05, 0) is 31.9 Å². The van der Waals surface area contributed by atoms with Crippen molar-refractivity contribution in [2.24, 2.45) is 0 Å². The van der Waals surface area contributed by atoms with Crippen molar-refractivity contribution in [2.45, 2.75) is 43.3 Å². The summed E-state index contributed by atoms with van der Waals surface area (Å²) in [4.78, 5) is 0. The molecule has 0 amide bonds. The number of aliphatic hydroxyl groups is 1. The molecule has 0 spiro atoms. The van der Waals surface area contributed by atoms with Crippen LogP contribution in [0.3, 0.4) is 0 Å². The lowest BCUT2D eigenvalue weighted by Crippen LogP contribution is -2.30. The van der Waals surface area contributed by atoms with Crippen LogP contribution >= 0.6 is 11.8 Å². The van der Waals surface area contributed by atoms with Crippen molar-refractivity contribution in [3.05, 3.63) is 0 Å². The maximum atomic E-state index is 11.8. The first-order chi connectivity index (χ1) is 6.10. The van der Waals surface area contributed by atoms with Crippen molar-refractivity contribution in [1.82, 2.24) is 0 Å². The Hall–Kier alpha value is 0.460. The zero-order valence-corrected chi connectivity index (χ0v) is 9.92. The molecule has 1 aliphatic rings. The van der Waals surface area contributed by atoms with Crippen LogP contribution in [0.5, 0.6) is 0 Å². The van der Waals surface area contributed by atoms with E-state index in [4.69, 9.17) is 0 Å². The molecule has 0 aromatic rings. The number of hydrogen-bond donors (Lipinski definition) is 1. The molecule has 3 atom stereocenters. The summed E-state index contributed by atoms with van der Waals surface area (Å²) in [6.07, 6.45) is 2.40.